The third kappa shape index (κ3) is 3.08. The molecule has 0 aromatic carbocycles. The van der Waals surface area contributed by atoms with E-state index in [1.54, 1.807) is 14.2 Å². The third-order valence-electron chi connectivity index (χ3n) is 9.15. The summed E-state index contributed by atoms with van der Waals surface area (Å²) in [6.07, 6.45) is 5.11. The molecule has 6 nitrogen and oxygen atoms in total. The van der Waals surface area contributed by atoms with Crippen LogP contribution in [-0.2, 0) is 28.5 Å². The van der Waals surface area contributed by atoms with Crippen molar-refractivity contribution in [1.29, 1.82) is 0 Å². The van der Waals surface area contributed by atoms with Gasteiger partial charge in [0.15, 0.2) is 0 Å². The highest BCUT2D eigenvalue weighted by Gasteiger charge is 2.93. The lowest BCUT2D eigenvalue weighted by Gasteiger charge is -2.77. The van der Waals surface area contributed by atoms with Gasteiger partial charge >= 0.3 is 5.97 Å². The van der Waals surface area contributed by atoms with Crippen molar-refractivity contribution in [3.63, 3.8) is 0 Å². The van der Waals surface area contributed by atoms with E-state index < -0.39 is 11.0 Å². The van der Waals surface area contributed by atoms with E-state index in [2.05, 4.69) is 41.5 Å². The van der Waals surface area contributed by atoms with Crippen LogP contribution < -0.4 is 0 Å². The van der Waals surface area contributed by atoms with Crippen LogP contribution in [0.4, 0.5) is 0 Å². The van der Waals surface area contributed by atoms with Crippen LogP contribution >= 0.6 is 0 Å². The molecule has 6 unspecified atom stereocenters. The number of ether oxygens (including phenoxy) is 5. The monoisotopic (exact) mass is 438 g/mol. The highest BCUT2D eigenvalue weighted by molar-refractivity contribution is 5.77. The lowest BCUT2D eigenvalue weighted by Crippen LogP contribution is -2.83. The van der Waals surface area contributed by atoms with Gasteiger partial charge in [0.05, 0.1) is 16.6 Å². The Balaban J connectivity index is 1.59. The van der Waals surface area contributed by atoms with E-state index >= 15 is 0 Å². The Hall–Kier alpha value is -0.690. The molecule has 4 aliphatic rings. The Morgan fingerprint density at radius 3 is 2.10 bits per heavy atom. The lowest BCUT2D eigenvalue weighted by molar-refractivity contribution is -0.415. The van der Waals surface area contributed by atoms with Crippen LogP contribution in [0, 0.1) is 28.1 Å². The summed E-state index contributed by atoms with van der Waals surface area (Å²) in [4.78, 5) is 13.7. The first kappa shape index (κ1) is 23.5. The van der Waals surface area contributed by atoms with E-state index in [0.717, 1.165) is 38.5 Å². The Labute approximate surface area is 187 Å². The van der Waals surface area contributed by atoms with Crippen molar-refractivity contribution >= 4 is 5.97 Å². The van der Waals surface area contributed by atoms with Gasteiger partial charge in [0.1, 0.15) is 19.2 Å². The molecule has 0 aliphatic heterocycles. The molecule has 4 fully saturated rings. The Bertz CT molecular complexity index is 730. The largest absolute Gasteiger partial charge is 0.458 e. The quantitative estimate of drug-likeness (QED) is 0.364. The number of carbonyl (C=O) groups is 1. The van der Waals surface area contributed by atoms with E-state index in [0.29, 0.717) is 12.7 Å². The van der Waals surface area contributed by atoms with Gasteiger partial charge in [0, 0.05) is 32.5 Å². The topological polar surface area (TPSA) is 63.2 Å². The second kappa shape index (κ2) is 7.15. The molecule has 6 heteroatoms. The van der Waals surface area contributed by atoms with Gasteiger partial charge in [-0.25, -0.2) is 0 Å². The fraction of sp³-hybridized carbons (Fsp3) is 0.960. The molecule has 4 saturated carbocycles. The average Bonchev–Trinajstić information content (AvgIpc) is 3.08. The van der Waals surface area contributed by atoms with Gasteiger partial charge in [0.25, 0.3) is 0 Å². The fourth-order valence-corrected chi connectivity index (χ4v) is 8.00. The number of esters is 1. The average molecular weight is 439 g/mol. The summed E-state index contributed by atoms with van der Waals surface area (Å²) in [5, 5.41) is 0. The molecular formula is C25H42O6. The Kier molecular flexibility index (Phi) is 5.41. The van der Waals surface area contributed by atoms with Crippen molar-refractivity contribution in [1.82, 2.24) is 0 Å². The van der Waals surface area contributed by atoms with E-state index in [4.69, 9.17) is 23.7 Å². The molecule has 1 spiro atoms. The van der Waals surface area contributed by atoms with Crippen molar-refractivity contribution in [2.45, 2.75) is 96.9 Å². The molecule has 0 aromatic rings. The molecular weight excluding hydrogens is 396 g/mol. The highest BCUT2D eigenvalue weighted by atomic mass is 16.7. The maximum absolute atomic E-state index is 13.7. The lowest BCUT2D eigenvalue weighted by atomic mass is 9.33. The smallest absolute Gasteiger partial charge is 0.312 e. The molecule has 0 amide bonds. The maximum Gasteiger partial charge on any atom is 0.312 e. The predicted octanol–water partition coefficient (Wildman–Crippen LogP) is 4.69. The van der Waals surface area contributed by atoms with Gasteiger partial charge in [-0.2, -0.15) is 0 Å². The van der Waals surface area contributed by atoms with Gasteiger partial charge in [-0.05, 0) is 49.9 Å². The van der Waals surface area contributed by atoms with Crippen molar-refractivity contribution in [3.8, 4) is 0 Å². The molecule has 6 atom stereocenters. The summed E-state index contributed by atoms with van der Waals surface area (Å²) in [7, 11) is 3.32. The number of hydrogen-bond donors (Lipinski definition) is 0. The number of methoxy groups -OCH3 is 2. The molecule has 0 N–H and O–H groups in total. The SMILES string of the molecule is COCOC12CC3CC4(OC(=O)C(C)(CC(C)(C)C)C(C)C)CC(OCOC)(C1)C32C4. The van der Waals surface area contributed by atoms with E-state index in [1.807, 2.05) is 0 Å². The summed E-state index contributed by atoms with van der Waals surface area (Å²) in [6.45, 7) is 13.5. The number of hydrogen-bond acceptors (Lipinski definition) is 6. The van der Waals surface area contributed by atoms with Crippen molar-refractivity contribution < 1.29 is 28.5 Å². The van der Waals surface area contributed by atoms with Crippen LogP contribution in [0.3, 0.4) is 0 Å². The maximum atomic E-state index is 13.7. The van der Waals surface area contributed by atoms with Crippen LogP contribution in [0.15, 0.2) is 0 Å². The number of carbonyl (C=O) groups excluding carboxylic acids is 1. The first-order valence-electron chi connectivity index (χ1n) is 11.8. The second-order valence-electron chi connectivity index (χ2n) is 12.6. The van der Waals surface area contributed by atoms with Crippen LogP contribution in [0.1, 0.15) is 80.1 Å². The zero-order valence-corrected chi connectivity index (χ0v) is 20.8. The molecule has 4 aliphatic carbocycles. The summed E-state index contributed by atoms with van der Waals surface area (Å²) < 4.78 is 29.7. The van der Waals surface area contributed by atoms with E-state index in [-0.39, 0.29) is 40.7 Å². The van der Waals surface area contributed by atoms with E-state index in [9.17, 15) is 4.79 Å². The van der Waals surface area contributed by atoms with Crippen molar-refractivity contribution in [2.24, 2.45) is 28.1 Å². The Morgan fingerprint density at radius 1 is 0.935 bits per heavy atom. The molecule has 31 heavy (non-hydrogen) atoms. The minimum Gasteiger partial charge on any atom is -0.458 e. The minimum absolute atomic E-state index is 0.0454. The minimum atomic E-state index is -0.516. The van der Waals surface area contributed by atoms with Crippen LogP contribution in [0.2, 0.25) is 0 Å². The first-order valence-corrected chi connectivity index (χ1v) is 11.8. The van der Waals surface area contributed by atoms with Crippen LogP contribution in [-0.4, -0.2) is 50.6 Å². The van der Waals surface area contributed by atoms with Gasteiger partial charge in [-0.15, -0.1) is 0 Å². The number of fused-ring (bicyclic) bond motifs is 1. The standard InChI is InChI=1S/C25H42O6/c1-17(2)21(6,11-20(3,4)5)19(26)31-22-9-18-10-23(29-15-27-7)14-24(12-22,30-16-28-8)25(18,23)13-22/h17-18H,9-16H2,1-8H3. The molecule has 0 saturated heterocycles. The highest BCUT2D eigenvalue weighted by Crippen LogP contribution is 2.87. The van der Waals surface area contributed by atoms with Crippen LogP contribution in [0.25, 0.3) is 0 Å². The summed E-state index contributed by atoms with van der Waals surface area (Å²) in [6, 6.07) is 0. The zero-order valence-electron chi connectivity index (χ0n) is 20.8. The van der Waals surface area contributed by atoms with Crippen LogP contribution in [0.5, 0.6) is 0 Å². The van der Waals surface area contributed by atoms with Gasteiger partial charge < -0.3 is 23.7 Å². The van der Waals surface area contributed by atoms with Crippen molar-refractivity contribution in [2.75, 3.05) is 27.8 Å². The van der Waals surface area contributed by atoms with Gasteiger partial charge in [0.2, 0.25) is 0 Å². The molecule has 4 rings (SSSR count). The zero-order chi connectivity index (χ0) is 22.9. The molecule has 0 aromatic heterocycles. The molecule has 0 radical (unpaired) electrons. The summed E-state index contributed by atoms with van der Waals surface area (Å²) >= 11 is 0. The molecule has 178 valence electrons. The normalized spacial score (nSPS) is 42.0. The number of rotatable bonds is 10. The van der Waals surface area contributed by atoms with Gasteiger partial charge in [-0.1, -0.05) is 34.6 Å². The van der Waals surface area contributed by atoms with E-state index in [1.165, 1.54) is 0 Å². The summed E-state index contributed by atoms with van der Waals surface area (Å²) in [5.41, 5.74) is -1.55. The first-order chi connectivity index (χ1) is 14.3. The predicted molar refractivity (Wildman–Crippen MR) is 116 cm³/mol. The third-order valence-corrected chi connectivity index (χ3v) is 9.15. The molecule has 2 bridgehead atoms. The summed E-state index contributed by atoms with van der Waals surface area (Å²) in [5.74, 6) is 0.610. The van der Waals surface area contributed by atoms with Crippen molar-refractivity contribution in [3.05, 3.63) is 0 Å². The second-order valence-corrected chi connectivity index (χ2v) is 12.6. The fourth-order valence-electron chi connectivity index (χ4n) is 8.00. The molecule has 0 heterocycles. The Morgan fingerprint density at radius 2 is 1.55 bits per heavy atom. The van der Waals surface area contributed by atoms with Gasteiger partial charge in [-0.3, -0.25) is 4.79 Å².